The Morgan fingerprint density at radius 2 is 2.08 bits per heavy atom. The van der Waals surface area contributed by atoms with Crippen molar-refractivity contribution in [2.24, 2.45) is 0 Å². The van der Waals surface area contributed by atoms with Gasteiger partial charge in [-0.05, 0) is 48.6 Å². The Labute approximate surface area is 159 Å². The summed E-state index contributed by atoms with van der Waals surface area (Å²) >= 11 is 1.82. The van der Waals surface area contributed by atoms with Crippen LogP contribution in [0.1, 0.15) is 39.6 Å². The number of carbonyl (C=O) groups excluding carboxylic acids is 1. The molecule has 2 nitrogen and oxygen atoms in total. The fourth-order valence-corrected chi connectivity index (χ4v) is 4.84. The van der Waals surface area contributed by atoms with E-state index in [1.54, 1.807) is 6.08 Å². The molecule has 1 atom stereocenters. The van der Waals surface area contributed by atoms with E-state index in [4.69, 9.17) is 0 Å². The van der Waals surface area contributed by atoms with E-state index >= 15 is 0 Å². The average molecular weight is 362 g/mol. The first kappa shape index (κ1) is 17.0. The van der Waals surface area contributed by atoms with Gasteiger partial charge in [-0.15, -0.1) is 11.3 Å². The van der Waals surface area contributed by atoms with Gasteiger partial charge in [0.25, 0.3) is 0 Å². The van der Waals surface area contributed by atoms with E-state index in [1.165, 1.54) is 20.9 Å². The summed E-state index contributed by atoms with van der Waals surface area (Å²) in [4.78, 5) is 17.5. The molecule has 2 aliphatic rings. The average Bonchev–Trinajstić information content (AvgIpc) is 3.07. The molecule has 1 aromatic heterocycles. The number of hydrogen-bond donors (Lipinski definition) is 0. The molecule has 3 heteroatoms. The molecule has 0 fully saturated rings. The summed E-state index contributed by atoms with van der Waals surface area (Å²) in [6, 6.07) is 12.8. The highest BCUT2D eigenvalue weighted by molar-refractivity contribution is 7.12. The van der Waals surface area contributed by atoms with Gasteiger partial charge in [-0.3, -0.25) is 4.79 Å². The number of rotatable bonds is 3. The van der Waals surface area contributed by atoms with E-state index in [1.807, 2.05) is 28.4 Å². The lowest BCUT2D eigenvalue weighted by Gasteiger charge is -2.32. The molecule has 0 saturated carbocycles. The van der Waals surface area contributed by atoms with E-state index in [0.29, 0.717) is 0 Å². The first-order valence-electron chi connectivity index (χ1n) is 9.18. The van der Waals surface area contributed by atoms with E-state index in [9.17, 15) is 4.79 Å². The summed E-state index contributed by atoms with van der Waals surface area (Å²) in [5.41, 5.74) is 3.81. The van der Waals surface area contributed by atoms with Crippen LogP contribution in [0.25, 0.3) is 0 Å². The number of thiophene rings is 1. The number of carbonyl (C=O) groups is 1. The monoisotopic (exact) mass is 361 g/mol. The number of hydrogen-bond acceptors (Lipinski definition) is 2. The van der Waals surface area contributed by atoms with Crippen LogP contribution in [0.15, 0.2) is 72.4 Å². The molecule has 2 aromatic rings. The first-order valence-corrected chi connectivity index (χ1v) is 10.00. The number of nitrogens with zero attached hydrogens (tertiary/aromatic N) is 1. The van der Waals surface area contributed by atoms with Crippen molar-refractivity contribution < 1.29 is 4.79 Å². The Hall–Kier alpha value is -2.39. The molecule has 2 heterocycles. The van der Waals surface area contributed by atoms with Crippen LogP contribution in [0.4, 0.5) is 0 Å². The van der Waals surface area contributed by atoms with Gasteiger partial charge in [0.05, 0.1) is 6.54 Å². The van der Waals surface area contributed by atoms with Crippen molar-refractivity contribution >= 4 is 17.2 Å². The summed E-state index contributed by atoms with van der Waals surface area (Å²) in [7, 11) is 0. The van der Waals surface area contributed by atoms with Crippen molar-refractivity contribution in [1.29, 1.82) is 0 Å². The number of aryl methyl sites for hydroxylation is 1. The number of fused-ring (bicyclic) bond motifs is 1. The minimum Gasteiger partial charge on any atom is -0.333 e. The fraction of sp³-hybridized carbons (Fsp3) is 0.261. The zero-order chi connectivity index (χ0) is 17.9. The van der Waals surface area contributed by atoms with E-state index in [-0.39, 0.29) is 11.8 Å². The molecule has 0 radical (unpaired) electrons. The molecule has 0 bridgehead atoms. The van der Waals surface area contributed by atoms with E-state index < -0.39 is 0 Å². The van der Waals surface area contributed by atoms with Crippen molar-refractivity contribution in [3.8, 4) is 0 Å². The summed E-state index contributed by atoms with van der Waals surface area (Å²) in [6.07, 6.45) is 12.3. The molecule has 0 saturated heterocycles. The van der Waals surface area contributed by atoms with Crippen molar-refractivity contribution in [2.75, 3.05) is 6.54 Å². The third kappa shape index (κ3) is 3.58. The summed E-state index contributed by atoms with van der Waals surface area (Å²) in [6.45, 7) is 3.61. The van der Waals surface area contributed by atoms with Gasteiger partial charge in [0.15, 0.2) is 0 Å². The van der Waals surface area contributed by atoms with Gasteiger partial charge in [-0.25, -0.2) is 0 Å². The highest BCUT2D eigenvalue weighted by Gasteiger charge is 2.29. The second kappa shape index (κ2) is 7.46. The lowest BCUT2D eigenvalue weighted by atomic mass is 9.88. The normalized spacial score (nSPS) is 19.5. The predicted octanol–water partition coefficient (Wildman–Crippen LogP) is 5.36. The summed E-state index contributed by atoms with van der Waals surface area (Å²) in [5.74, 6) is 0.360. The number of amides is 1. The molecule has 0 N–H and O–H groups in total. The maximum Gasteiger partial charge on any atom is 0.246 e. The minimum atomic E-state index is 0.0995. The number of allylic oxidation sites excluding steroid dienone is 5. The van der Waals surface area contributed by atoms with Crippen LogP contribution in [0.2, 0.25) is 0 Å². The Morgan fingerprint density at radius 1 is 1.23 bits per heavy atom. The number of benzene rings is 1. The van der Waals surface area contributed by atoms with Crippen LogP contribution in [0.5, 0.6) is 0 Å². The second-order valence-corrected chi connectivity index (χ2v) is 8.28. The zero-order valence-electron chi connectivity index (χ0n) is 15.0. The fourth-order valence-electron chi connectivity index (χ4n) is 3.73. The van der Waals surface area contributed by atoms with Gasteiger partial charge < -0.3 is 4.90 Å². The molecule has 0 spiro atoms. The molecule has 1 aliphatic heterocycles. The van der Waals surface area contributed by atoms with Gasteiger partial charge in [0.2, 0.25) is 5.91 Å². The maximum atomic E-state index is 12.8. The summed E-state index contributed by atoms with van der Waals surface area (Å²) < 4.78 is 0. The molecule has 1 aliphatic carbocycles. The lowest BCUT2D eigenvalue weighted by Crippen LogP contribution is -2.37. The van der Waals surface area contributed by atoms with Crippen molar-refractivity contribution in [1.82, 2.24) is 4.90 Å². The molecular weight excluding hydrogens is 338 g/mol. The molecule has 132 valence electrons. The quantitative estimate of drug-likeness (QED) is 0.674. The van der Waals surface area contributed by atoms with Gasteiger partial charge in [-0.1, -0.05) is 48.6 Å². The van der Waals surface area contributed by atoms with Gasteiger partial charge in [0.1, 0.15) is 0 Å². The summed E-state index contributed by atoms with van der Waals surface area (Å²) in [5, 5.41) is 0. The van der Waals surface area contributed by atoms with Crippen LogP contribution >= 0.6 is 11.3 Å². The molecule has 1 aromatic carbocycles. The highest BCUT2D eigenvalue weighted by Crippen LogP contribution is 2.38. The Balaban J connectivity index is 1.58. The molecule has 26 heavy (non-hydrogen) atoms. The standard InChI is InChI=1S/C23H23NOS/c1-17-14-20-21(19-10-6-3-7-11-19)15-24(16-22(20)26-17)23(25)13-12-18-8-4-2-5-9-18/h3-4,6-14,21H,2,5,15-16H2,1H3/b13-12+/t21-/m1/s1. The van der Waals surface area contributed by atoms with E-state index in [0.717, 1.165) is 31.5 Å². The maximum absolute atomic E-state index is 12.8. The van der Waals surface area contributed by atoms with Crippen molar-refractivity contribution in [2.45, 2.75) is 32.2 Å². The molecule has 0 unspecified atom stereocenters. The van der Waals surface area contributed by atoms with Crippen LogP contribution in [0, 0.1) is 6.92 Å². The smallest absolute Gasteiger partial charge is 0.246 e. The third-order valence-electron chi connectivity index (χ3n) is 5.03. The zero-order valence-corrected chi connectivity index (χ0v) is 15.8. The first-order chi connectivity index (χ1) is 12.7. The van der Waals surface area contributed by atoms with Gasteiger partial charge in [0, 0.05) is 28.3 Å². The molecular formula is C23H23NOS. The molecule has 4 rings (SSSR count). The van der Waals surface area contributed by atoms with Gasteiger partial charge in [-0.2, -0.15) is 0 Å². The van der Waals surface area contributed by atoms with Crippen LogP contribution in [-0.4, -0.2) is 17.4 Å². The van der Waals surface area contributed by atoms with E-state index in [2.05, 4.69) is 55.5 Å². The Morgan fingerprint density at radius 3 is 2.85 bits per heavy atom. The topological polar surface area (TPSA) is 20.3 Å². The minimum absolute atomic E-state index is 0.0995. The predicted molar refractivity (Wildman–Crippen MR) is 108 cm³/mol. The SMILES string of the molecule is Cc1cc2c(s1)CN(C(=O)/C=C/C1=CCCC=C1)C[C@@H]2c1ccccc1. The second-order valence-electron chi connectivity index (χ2n) is 6.93. The van der Waals surface area contributed by atoms with Crippen LogP contribution < -0.4 is 0 Å². The van der Waals surface area contributed by atoms with Crippen molar-refractivity contribution in [3.05, 3.63) is 93.2 Å². The Bertz CT molecular complexity index is 888. The highest BCUT2D eigenvalue weighted by atomic mass is 32.1. The third-order valence-corrected chi connectivity index (χ3v) is 6.08. The van der Waals surface area contributed by atoms with Crippen LogP contribution in [-0.2, 0) is 11.3 Å². The Kier molecular flexibility index (Phi) is 4.89. The molecule has 1 amide bonds. The largest absolute Gasteiger partial charge is 0.333 e. The van der Waals surface area contributed by atoms with Gasteiger partial charge >= 0.3 is 0 Å². The lowest BCUT2D eigenvalue weighted by molar-refractivity contribution is -0.127. The van der Waals surface area contributed by atoms with Crippen molar-refractivity contribution in [3.63, 3.8) is 0 Å². The van der Waals surface area contributed by atoms with Crippen LogP contribution in [0.3, 0.4) is 0 Å².